The summed E-state index contributed by atoms with van der Waals surface area (Å²) in [7, 11) is 3.22. The van der Waals surface area contributed by atoms with Crippen molar-refractivity contribution in [2.75, 3.05) is 12.4 Å². The fourth-order valence-electron chi connectivity index (χ4n) is 5.04. The summed E-state index contributed by atoms with van der Waals surface area (Å²) in [5, 5.41) is 19.9. The maximum Gasteiger partial charge on any atom is 0.270 e. The van der Waals surface area contributed by atoms with Gasteiger partial charge in [0.25, 0.3) is 5.91 Å². The minimum absolute atomic E-state index is 0.177. The van der Waals surface area contributed by atoms with Gasteiger partial charge in [0.15, 0.2) is 0 Å². The van der Waals surface area contributed by atoms with Crippen LogP contribution in [0.25, 0.3) is 11.1 Å². The van der Waals surface area contributed by atoms with E-state index in [0.29, 0.717) is 22.7 Å². The van der Waals surface area contributed by atoms with Crippen LogP contribution in [-0.2, 0) is 18.4 Å². The summed E-state index contributed by atoms with van der Waals surface area (Å²) in [5.74, 6) is -0.811. The van der Waals surface area contributed by atoms with Crippen LogP contribution in [0.5, 0.6) is 5.75 Å². The first-order chi connectivity index (χ1) is 20.5. The van der Waals surface area contributed by atoms with Gasteiger partial charge in [-0.2, -0.15) is 5.10 Å². The molecule has 0 radical (unpaired) electrons. The number of nitrogens with zero attached hydrogens (tertiary/aromatic N) is 3. The van der Waals surface area contributed by atoms with E-state index < -0.39 is 23.8 Å². The monoisotopic (exact) mass is 561 g/mol. The molecule has 42 heavy (non-hydrogen) atoms. The molecule has 0 saturated carbocycles. The number of pyridine rings is 1. The lowest BCUT2D eigenvalue weighted by Gasteiger charge is -2.28. The lowest BCUT2D eigenvalue weighted by molar-refractivity contribution is -0.118. The summed E-state index contributed by atoms with van der Waals surface area (Å²) in [6, 6.07) is 27.0. The number of methoxy groups -OCH3 is 1. The number of aromatic nitrogens is 3. The van der Waals surface area contributed by atoms with Crippen molar-refractivity contribution in [2.45, 2.75) is 18.6 Å². The Kier molecular flexibility index (Phi) is 8.70. The molecule has 0 bridgehead atoms. The van der Waals surface area contributed by atoms with Crippen LogP contribution in [0.15, 0.2) is 110 Å². The number of aliphatic hydroxyl groups is 1. The first-order valence-electron chi connectivity index (χ1n) is 13.4. The van der Waals surface area contributed by atoms with Crippen LogP contribution in [0.3, 0.4) is 0 Å². The van der Waals surface area contributed by atoms with Gasteiger partial charge in [-0.15, -0.1) is 0 Å². The minimum atomic E-state index is -0.982. The number of hydrogen-bond acceptors (Lipinski definition) is 6. The zero-order valence-electron chi connectivity index (χ0n) is 23.3. The van der Waals surface area contributed by atoms with Gasteiger partial charge in [0.1, 0.15) is 17.5 Å². The molecule has 0 aliphatic carbocycles. The lowest BCUT2D eigenvalue weighted by Crippen LogP contribution is -2.48. The number of hydrogen-bond donors (Lipinski definition) is 3. The van der Waals surface area contributed by atoms with Gasteiger partial charge >= 0.3 is 0 Å². The number of ether oxygens (including phenoxy) is 1. The van der Waals surface area contributed by atoms with Crippen molar-refractivity contribution >= 4 is 17.5 Å². The van der Waals surface area contributed by atoms with Gasteiger partial charge in [0.05, 0.1) is 13.7 Å². The molecule has 3 N–H and O–H groups in total. The molecule has 3 aromatic carbocycles. The topological polar surface area (TPSA) is 118 Å². The molecular weight excluding hydrogens is 530 g/mol. The van der Waals surface area contributed by atoms with E-state index in [9.17, 15) is 14.7 Å². The predicted octanol–water partition coefficient (Wildman–Crippen LogP) is 4.55. The SMILES string of the molecule is COc1cc(NC(=O)[C@@H](NC(=O)c2ccnn2C)C(c2ccccc2)c2ccccc2)ccc1-c1ccncc1CO. The number of aryl methyl sites for hydroxylation is 1. The molecule has 1 atom stereocenters. The summed E-state index contributed by atoms with van der Waals surface area (Å²) in [5.41, 5.74) is 4.73. The van der Waals surface area contributed by atoms with Crippen molar-refractivity contribution in [1.29, 1.82) is 0 Å². The summed E-state index contributed by atoms with van der Waals surface area (Å²) < 4.78 is 7.13. The van der Waals surface area contributed by atoms with Crippen molar-refractivity contribution in [3.8, 4) is 16.9 Å². The van der Waals surface area contributed by atoms with Crippen molar-refractivity contribution in [3.63, 3.8) is 0 Å². The highest BCUT2D eigenvalue weighted by molar-refractivity contribution is 6.01. The van der Waals surface area contributed by atoms with Crippen molar-refractivity contribution in [3.05, 3.63) is 132 Å². The van der Waals surface area contributed by atoms with Crippen LogP contribution < -0.4 is 15.4 Å². The van der Waals surface area contributed by atoms with Gasteiger partial charge in [0, 0.05) is 54.4 Å². The Morgan fingerprint density at radius 1 is 0.905 bits per heavy atom. The Morgan fingerprint density at radius 2 is 1.60 bits per heavy atom. The van der Waals surface area contributed by atoms with E-state index in [1.165, 1.54) is 10.9 Å². The number of anilines is 1. The van der Waals surface area contributed by atoms with E-state index in [2.05, 4.69) is 20.7 Å². The average Bonchev–Trinajstić information content (AvgIpc) is 3.47. The van der Waals surface area contributed by atoms with E-state index in [1.807, 2.05) is 66.7 Å². The van der Waals surface area contributed by atoms with Crippen LogP contribution in [0.2, 0.25) is 0 Å². The third-order valence-electron chi connectivity index (χ3n) is 7.11. The average molecular weight is 562 g/mol. The van der Waals surface area contributed by atoms with Crippen molar-refractivity contribution < 1.29 is 19.4 Å². The number of carbonyl (C=O) groups excluding carboxylic acids is 2. The zero-order valence-corrected chi connectivity index (χ0v) is 23.3. The second-order valence-electron chi connectivity index (χ2n) is 9.69. The third-order valence-corrected chi connectivity index (χ3v) is 7.11. The molecule has 0 saturated heterocycles. The lowest BCUT2D eigenvalue weighted by atomic mass is 9.84. The highest BCUT2D eigenvalue weighted by Crippen LogP contribution is 2.35. The fraction of sp³-hybridized carbons (Fsp3) is 0.152. The molecule has 0 aliphatic rings. The standard InChI is InChI=1S/C33H31N5O4/c1-38-28(16-18-35-38)32(40)37-31(30(22-9-5-3-6-10-22)23-11-7-4-8-12-23)33(41)36-25-13-14-27(29(19-25)42-2)26-15-17-34-20-24(26)21-39/h3-20,30-31,39H,21H2,1-2H3,(H,36,41)(H,37,40)/t31-/m0/s1. The van der Waals surface area contributed by atoms with Crippen molar-refractivity contribution in [2.24, 2.45) is 7.05 Å². The number of benzene rings is 3. The van der Waals surface area contributed by atoms with Gasteiger partial charge in [0.2, 0.25) is 5.91 Å². The Bertz CT molecular complexity index is 1630. The summed E-state index contributed by atoms with van der Waals surface area (Å²) in [6.45, 7) is -0.177. The molecule has 2 amide bonds. The predicted molar refractivity (Wildman–Crippen MR) is 160 cm³/mol. The van der Waals surface area contributed by atoms with Crippen LogP contribution in [-0.4, -0.2) is 44.8 Å². The smallest absolute Gasteiger partial charge is 0.270 e. The molecule has 0 aliphatic heterocycles. The second kappa shape index (κ2) is 12.9. The van der Waals surface area contributed by atoms with Crippen LogP contribution in [0, 0.1) is 0 Å². The second-order valence-corrected chi connectivity index (χ2v) is 9.69. The maximum absolute atomic E-state index is 14.1. The summed E-state index contributed by atoms with van der Waals surface area (Å²) in [6.07, 6.45) is 4.79. The Hall–Kier alpha value is -5.28. The van der Waals surface area contributed by atoms with E-state index in [0.717, 1.165) is 22.3 Å². The molecule has 2 heterocycles. The first kappa shape index (κ1) is 28.3. The fourth-order valence-corrected chi connectivity index (χ4v) is 5.04. The van der Waals surface area contributed by atoms with Gasteiger partial charge in [-0.05, 0) is 41.0 Å². The highest BCUT2D eigenvalue weighted by atomic mass is 16.5. The van der Waals surface area contributed by atoms with Crippen molar-refractivity contribution in [1.82, 2.24) is 20.1 Å². The third kappa shape index (κ3) is 6.06. The maximum atomic E-state index is 14.1. The zero-order chi connectivity index (χ0) is 29.5. The number of nitrogens with one attached hydrogen (secondary N) is 2. The molecular formula is C33H31N5O4. The first-order valence-corrected chi connectivity index (χ1v) is 13.4. The number of rotatable bonds is 10. The summed E-state index contributed by atoms with van der Waals surface area (Å²) in [4.78, 5) is 31.6. The normalized spacial score (nSPS) is 11.6. The number of aliphatic hydroxyl groups excluding tert-OH is 1. The minimum Gasteiger partial charge on any atom is -0.496 e. The number of amides is 2. The van der Waals surface area contributed by atoms with Crippen LogP contribution in [0.1, 0.15) is 33.1 Å². The molecule has 0 unspecified atom stereocenters. The molecule has 9 heteroatoms. The largest absolute Gasteiger partial charge is 0.496 e. The Balaban J connectivity index is 1.53. The Morgan fingerprint density at radius 3 is 2.19 bits per heavy atom. The highest BCUT2D eigenvalue weighted by Gasteiger charge is 2.33. The van der Waals surface area contributed by atoms with Gasteiger partial charge < -0.3 is 20.5 Å². The molecule has 5 rings (SSSR count). The molecule has 2 aromatic heterocycles. The molecule has 9 nitrogen and oxygen atoms in total. The molecule has 212 valence electrons. The Labute approximate surface area is 243 Å². The molecule has 0 spiro atoms. The van der Waals surface area contributed by atoms with Crippen LogP contribution in [0.4, 0.5) is 5.69 Å². The molecule has 5 aromatic rings. The number of carbonyl (C=O) groups is 2. The van der Waals surface area contributed by atoms with E-state index in [4.69, 9.17) is 4.74 Å². The molecule has 0 fully saturated rings. The van der Waals surface area contributed by atoms with E-state index in [1.54, 1.807) is 50.8 Å². The quantitative estimate of drug-likeness (QED) is 0.230. The van der Waals surface area contributed by atoms with Gasteiger partial charge in [-0.1, -0.05) is 60.7 Å². The van der Waals surface area contributed by atoms with Gasteiger partial charge in [-0.3, -0.25) is 19.3 Å². The van der Waals surface area contributed by atoms with Gasteiger partial charge in [-0.25, -0.2) is 0 Å². The summed E-state index contributed by atoms with van der Waals surface area (Å²) >= 11 is 0. The van der Waals surface area contributed by atoms with Crippen LogP contribution >= 0.6 is 0 Å². The van der Waals surface area contributed by atoms with E-state index in [-0.39, 0.29) is 6.61 Å². The van der Waals surface area contributed by atoms with E-state index >= 15 is 0 Å².